The first kappa shape index (κ1) is 33.7. The lowest BCUT2D eigenvalue weighted by Gasteiger charge is -2.23. The van der Waals surface area contributed by atoms with Crippen molar-refractivity contribution < 1.29 is 33.4 Å². The Bertz CT molecular complexity index is 297. The maximum Gasteiger partial charge on any atom is 0.0780 e. The van der Waals surface area contributed by atoms with E-state index < -0.39 is 10.2 Å². The summed E-state index contributed by atoms with van der Waals surface area (Å²) in [6.45, 7) is 3.63. The molecule has 0 spiro atoms. The van der Waals surface area contributed by atoms with Crippen LogP contribution in [-0.4, -0.2) is 62.9 Å². The zero-order chi connectivity index (χ0) is 23.2. The van der Waals surface area contributed by atoms with E-state index in [4.69, 9.17) is 18.6 Å². The second-order valence-electron chi connectivity index (χ2n) is 9.35. The molecule has 29 heavy (non-hydrogen) atoms. The number of unbranched alkanes of at least 4 members (excludes halogenated alkanes) is 13. The first-order valence-corrected chi connectivity index (χ1v) is 12.6. The van der Waals surface area contributed by atoms with Gasteiger partial charge in [0.05, 0.1) is 42.6 Å². The molecule has 0 fully saturated rings. The lowest BCUT2D eigenvalue weighted by Crippen LogP contribution is -2.58. The minimum Gasteiger partial charge on any atom is -0.331 e. The van der Waals surface area contributed by atoms with Crippen molar-refractivity contribution in [2.45, 2.75) is 96.8 Å². The number of hydrogen-bond donors (Lipinski definition) is 1. The highest BCUT2D eigenvalue weighted by atomic mass is 35.7. The molecule has 7 heteroatoms. The van der Waals surface area contributed by atoms with Crippen molar-refractivity contribution in [3.8, 4) is 0 Å². The van der Waals surface area contributed by atoms with Gasteiger partial charge in [0.2, 0.25) is 0 Å². The molecule has 1 N–H and O–H groups in total. The zero-order valence-corrected chi connectivity index (χ0v) is 21.3. The van der Waals surface area contributed by atoms with Gasteiger partial charge in [0, 0.05) is 0 Å². The Morgan fingerprint density at radius 3 is 1.03 bits per heavy atom. The van der Waals surface area contributed by atoms with E-state index >= 15 is 0 Å². The predicted octanol–water partition coefficient (Wildman–Crippen LogP) is 2.23. The van der Waals surface area contributed by atoms with E-state index in [1.54, 1.807) is 0 Å². The van der Waals surface area contributed by atoms with Crippen LogP contribution in [-0.2, 0) is 0 Å². The Labute approximate surface area is 184 Å². The number of rotatable bonds is 15. The Kier molecular flexibility index (Phi) is 26.4. The first-order valence-electron chi connectivity index (χ1n) is 11.3. The molecule has 0 saturated heterocycles. The Hall–Kier alpha value is 0.0500. The molecule has 0 aliphatic rings. The van der Waals surface area contributed by atoms with Crippen LogP contribution in [0.5, 0.6) is 0 Å². The molecule has 0 atom stereocenters. The number of quaternary nitrogens is 1. The van der Waals surface area contributed by atoms with Crippen molar-refractivity contribution in [2.75, 3.05) is 48.8 Å². The number of halogens is 1. The van der Waals surface area contributed by atoms with Crippen LogP contribution in [0.2, 0.25) is 0 Å². The van der Waals surface area contributed by atoms with Gasteiger partial charge in [-0.3, -0.25) is 0 Å². The quantitative estimate of drug-likeness (QED) is 0.309. The fourth-order valence-corrected chi connectivity index (χ4v) is 2.78. The van der Waals surface area contributed by atoms with Gasteiger partial charge in [-0.15, -0.1) is 0 Å². The smallest absolute Gasteiger partial charge is 0.0780 e. The summed E-state index contributed by atoms with van der Waals surface area (Å²) >= 11 is 0. The van der Waals surface area contributed by atoms with Gasteiger partial charge >= 0.3 is 0 Å². The highest BCUT2D eigenvalue weighted by molar-refractivity contribution is 4.49. The van der Waals surface area contributed by atoms with Crippen molar-refractivity contribution in [1.82, 2.24) is 4.90 Å². The summed E-state index contributed by atoms with van der Waals surface area (Å²) in [4.78, 5) is 2.00. The van der Waals surface area contributed by atoms with Gasteiger partial charge in [0.25, 0.3) is 0 Å². The summed E-state index contributed by atoms with van der Waals surface area (Å²) in [5.74, 6) is 0. The number of nitrogens with zero attached hydrogens (tertiary/aromatic N) is 2. The Morgan fingerprint density at radius 2 is 0.828 bits per heavy atom. The lowest BCUT2D eigenvalue weighted by atomic mass is 10.0. The maximum absolute atomic E-state index is 8.60. The Balaban J connectivity index is -0.000000623. The summed E-state index contributed by atoms with van der Waals surface area (Å²) < 4.78 is 33.8. The summed E-state index contributed by atoms with van der Waals surface area (Å²) in [5, 5.41) is 0. The molecule has 0 aliphatic carbocycles. The highest BCUT2D eigenvalue weighted by Gasteiger charge is 2.04. The molecular weight excluding hydrogens is 392 g/mol. The van der Waals surface area contributed by atoms with E-state index in [9.17, 15) is 0 Å². The molecule has 180 valence electrons. The van der Waals surface area contributed by atoms with Crippen molar-refractivity contribution in [2.24, 2.45) is 0 Å². The van der Waals surface area contributed by atoms with Gasteiger partial charge in [-0.2, -0.15) is 14.0 Å². The fourth-order valence-electron chi connectivity index (χ4n) is 2.78. The van der Waals surface area contributed by atoms with Gasteiger partial charge in [-0.25, -0.2) is 0 Å². The van der Waals surface area contributed by atoms with Gasteiger partial charge in [0.1, 0.15) is 0 Å². The monoisotopic (exact) mass is 443 g/mol. The van der Waals surface area contributed by atoms with E-state index in [-0.39, 0.29) is 0 Å². The minimum absolute atomic E-state index is 1.12. The van der Waals surface area contributed by atoms with Gasteiger partial charge < -0.3 is 9.38 Å². The molecule has 0 saturated carbocycles. The van der Waals surface area contributed by atoms with Crippen LogP contribution < -0.4 is 14.0 Å². The van der Waals surface area contributed by atoms with Crippen LogP contribution in [0.3, 0.4) is 0 Å². The third-order valence-corrected chi connectivity index (χ3v) is 4.18. The second kappa shape index (κ2) is 22.7. The molecule has 0 aromatic rings. The molecule has 0 aromatic carbocycles. The normalized spacial score (nSPS) is 11.6. The van der Waals surface area contributed by atoms with Crippen LogP contribution in [0.25, 0.3) is 0 Å². The topological polar surface area (TPSA) is 92.7 Å². The SMILES string of the molecule is CCCCCCCCCCCCCCCC[N+](C)(C)C.CN(C)C.[O-][Cl+3]([O-])([O-])O. The standard InChI is InChI=1S/C19H42N.C3H9N.ClHO4/c1-5-6-7-8-9-10-11-12-13-14-15-16-17-18-19-20(2,3)4;1-4(2)3;2-1(3,4)5/h5-19H2,1-4H3;1-3H3;(H,2,3,4,5)/q+1;;. The summed E-state index contributed by atoms with van der Waals surface area (Å²) in [6, 6.07) is 0. The summed E-state index contributed by atoms with van der Waals surface area (Å²) in [6.07, 6.45) is 20.4. The third kappa shape index (κ3) is 65.5. The molecule has 0 aromatic heterocycles. The first-order chi connectivity index (χ1) is 13.3. The summed E-state index contributed by atoms with van der Waals surface area (Å²) in [5.41, 5.74) is 0. The van der Waals surface area contributed by atoms with Crippen molar-refractivity contribution in [3.63, 3.8) is 0 Å². The van der Waals surface area contributed by atoms with Crippen LogP contribution in [0, 0.1) is 10.2 Å². The number of hydrogen-bond acceptors (Lipinski definition) is 5. The Morgan fingerprint density at radius 1 is 0.621 bits per heavy atom. The van der Waals surface area contributed by atoms with Gasteiger partial charge in [0.15, 0.2) is 0 Å². The van der Waals surface area contributed by atoms with Crippen LogP contribution >= 0.6 is 0 Å². The molecule has 0 heterocycles. The van der Waals surface area contributed by atoms with E-state index in [1.807, 2.05) is 26.0 Å². The summed E-state index contributed by atoms with van der Waals surface area (Å²) in [7, 11) is 8.19. The van der Waals surface area contributed by atoms with E-state index in [1.165, 1.54) is 96.4 Å². The van der Waals surface area contributed by atoms with Crippen molar-refractivity contribution in [3.05, 3.63) is 0 Å². The highest BCUT2D eigenvalue weighted by Crippen LogP contribution is 2.13. The average Bonchev–Trinajstić information content (AvgIpc) is 2.52. The van der Waals surface area contributed by atoms with Crippen LogP contribution in [0.1, 0.15) is 96.8 Å². The van der Waals surface area contributed by atoms with Crippen molar-refractivity contribution in [1.29, 1.82) is 0 Å². The molecule has 0 aliphatic heterocycles. The van der Waals surface area contributed by atoms with E-state index in [2.05, 4.69) is 28.1 Å². The fraction of sp³-hybridized carbons (Fsp3) is 1.00. The van der Waals surface area contributed by atoms with E-state index in [0.717, 1.165) is 4.48 Å². The van der Waals surface area contributed by atoms with Crippen molar-refractivity contribution >= 4 is 0 Å². The van der Waals surface area contributed by atoms with Gasteiger partial charge in [-0.05, 0) is 34.0 Å². The minimum atomic E-state index is -4.69. The van der Waals surface area contributed by atoms with Crippen LogP contribution in [0.15, 0.2) is 0 Å². The third-order valence-electron chi connectivity index (χ3n) is 4.18. The molecule has 0 rings (SSSR count). The zero-order valence-electron chi connectivity index (χ0n) is 20.6. The predicted molar refractivity (Wildman–Crippen MR) is 115 cm³/mol. The molecular formula is C22H52ClN2O4+. The molecule has 0 radical (unpaired) electrons. The molecule has 0 bridgehead atoms. The largest absolute Gasteiger partial charge is 0.331 e. The van der Waals surface area contributed by atoms with Gasteiger partial charge in [-0.1, -0.05) is 84.0 Å². The van der Waals surface area contributed by atoms with Crippen LogP contribution in [0.4, 0.5) is 0 Å². The van der Waals surface area contributed by atoms with E-state index in [0.29, 0.717) is 0 Å². The maximum atomic E-state index is 8.60. The lowest BCUT2D eigenvalue weighted by molar-refractivity contribution is -1.92. The molecule has 0 unspecified atom stereocenters. The second-order valence-corrected chi connectivity index (χ2v) is 10.1. The molecule has 0 amide bonds. The average molecular weight is 444 g/mol. The molecule has 6 nitrogen and oxygen atoms in total.